The third-order valence-corrected chi connectivity index (χ3v) is 8.20. The van der Waals surface area contributed by atoms with Gasteiger partial charge in [-0.05, 0) is 63.1 Å². The molecule has 8 nitrogen and oxygen atoms in total. The number of hydrogen-bond donors (Lipinski definition) is 1. The maximum Gasteiger partial charge on any atom is 0.264 e. The lowest BCUT2D eigenvalue weighted by Crippen LogP contribution is -2.40. The molecule has 0 saturated heterocycles. The van der Waals surface area contributed by atoms with Crippen LogP contribution in [0.3, 0.4) is 0 Å². The first-order chi connectivity index (χ1) is 18.0. The SMILES string of the molecule is C=C(/C=N\C=C(/C)OC)[C@@H]1C[C@]1(C(=O)NS(=O)(=O)c1cccc2nc(C)ccc12)c1cc(C)ccc1OC. The van der Waals surface area contributed by atoms with E-state index in [0.29, 0.717) is 40.0 Å². The van der Waals surface area contributed by atoms with Gasteiger partial charge in [0, 0.05) is 28.8 Å². The highest BCUT2D eigenvalue weighted by Crippen LogP contribution is 2.59. The zero-order valence-corrected chi connectivity index (χ0v) is 22.9. The van der Waals surface area contributed by atoms with E-state index < -0.39 is 21.3 Å². The number of carbonyl (C=O) groups is 1. The van der Waals surface area contributed by atoms with Gasteiger partial charge in [0.05, 0.1) is 36.2 Å². The number of hydrogen-bond acceptors (Lipinski definition) is 7. The predicted molar refractivity (Wildman–Crippen MR) is 148 cm³/mol. The van der Waals surface area contributed by atoms with Crippen molar-refractivity contribution in [2.45, 2.75) is 37.5 Å². The van der Waals surface area contributed by atoms with Crippen molar-refractivity contribution in [1.82, 2.24) is 9.71 Å². The zero-order valence-electron chi connectivity index (χ0n) is 22.1. The Balaban J connectivity index is 1.75. The number of sulfonamides is 1. The van der Waals surface area contributed by atoms with E-state index in [1.54, 1.807) is 56.8 Å². The number of aliphatic imine (C=N–C) groups is 1. The first-order valence-electron chi connectivity index (χ1n) is 12.0. The third kappa shape index (κ3) is 5.06. The molecule has 1 N–H and O–H groups in total. The van der Waals surface area contributed by atoms with Crippen LogP contribution in [0.2, 0.25) is 0 Å². The summed E-state index contributed by atoms with van der Waals surface area (Å²) in [6, 6.07) is 13.8. The fourth-order valence-corrected chi connectivity index (χ4v) is 5.92. The van der Waals surface area contributed by atoms with Gasteiger partial charge in [-0.1, -0.05) is 30.3 Å². The van der Waals surface area contributed by atoms with Crippen LogP contribution < -0.4 is 9.46 Å². The summed E-state index contributed by atoms with van der Waals surface area (Å²) in [5, 5.41) is 0.435. The summed E-state index contributed by atoms with van der Waals surface area (Å²) in [6.07, 6.45) is 3.46. The molecule has 2 aromatic carbocycles. The second-order valence-electron chi connectivity index (χ2n) is 9.44. The van der Waals surface area contributed by atoms with E-state index in [1.165, 1.54) is 13.2 Å². The number of fused-ring (bicyclic) bond motifs is 1. The van der Waals surface area contributed by atoms with Crippen molar-refractivity contribution in [2.24, 2.45) is 10.9 Å². The van der Waals surface area contributed by atoms with Gasteiger partial charge in [-0.25, -0.2) is 13.1 Å². The standard InChI is InChI=1S/C29H31N3O5S/c1-18-10-13-26(37-6)23(14-18)29(15-24(29)19(2)16-30-17-21(4)36-5)28(33)32-38(34,35)27-9-7-8-25-22(27)12-11-20(3)31-25/h7-14,16-17,24H,2,15H2,1,3-6H3,(H,32,33)/b21-17+,30-16-/t24-,29-/m0/s1. The summed E-state index contributed by atoms with van der Waals surface area (Å²) in [5.74, 6) is 0.0716. The Hall–Kier alpha value is -3.98. The van der Waals surface area contributed by atoms with Gasteiger partial charge in [-0.2, -0.15) is 0 Å². The Morgan fingerprint density at radius 2 is 1.95 bits per heavy atom. The molecule has 0 radical (unpaired) electrons. The van der Waals surface area contributed by atoms with Gasteiger partial charge in [-0.15, -0.1) is 0 Å². The second kappa shape index (κ2) is 10.4. The largest absolute Gasteiger partial charge is 0.500 e. The number of methoxy groups -OCH3 is 2. The number of nitrogens with zero attached hydrogens (tertiary/aromatic N) is 2. The van der Waals surface area contributed by atoms with Crippen LogP contribution in [0.5, 0.6) is 5.75 Å². The second-order valence-corrected chi connectivity index (χ2v) is 11.1. The normalized spacial score (nSPS) is 19.4. The highest BCUT2D eigenvalue weighted by molar-refractivity contribution is 7.90. The summed E-state index contributed by atoms with van der Waals surface area (Å²) in [4.78, 5) is 22.6. The molecule has 9 heteroatoms. The van der Waals surface area contributed by atoms with Crippen LogP contribution in [-0.4, -0.2) is 39.7 Å². The molecule has 4 rings (SSSR count). The fourth-order valence-electron chi connectivity index (χ4n) is 4.66. The van der Waals surface area contributed by atoms with Crippen LogP contribution in [0.4, 0.5) is 0 Å². The number of pyridine rings is 1. The number of nitrogens with one attached hydrogen (secondary N) is 1. The molecule has 1 saturated carbocycles. The van der Waals surface area contributed by atoms with Crippen LogP contribution >= 0.6 is 0 Å². The van der Waals surface area contributed by atoms with E-state index in [0.717, 1.165) is 11.3 Å². The zero-order chi connectivity index (χ0) is 27.7. The number of amides is 1. The quantitative estimate of drug-likeness (QED) is 0.314. The molecule has 38 heavy (non-hydrogen) atoms. The topological polar surface area (TPSA) is 107 Å². The minimum absolute atomic E-state index is 0.0139. The smallest absolute Gasteiger partial charge is 0.264 e. The molecule has 0 spiro atoms. The Kier molecular flexibility index (Phi) is 7.42. The Bertz CT molecular complexity index is 1590. The van der Waals surface area contributed by atoms with Crippen molar-refractivity contribution < 1.29 is 22.7 Å². The van der Waals surface area contributed by atoms with Gasteiger partial charge in [0.1, 0.15) is 11.5 Å². The molecule has 1 amide bonds. The van der Waals surface area contributed by atoms with Crippen LogP contribution in [0, 0.1) is 19.8 Å². The number of rotatable bonds is 9. The summed E-state index contributed by atoms with van der Waals surface area (Å²) < 4.78 is 40.2. The Labute approximate surface area is 223 Å². The Morgan fingerprint density at radius 3 is 2.66 bits per heavy atom. The van der Waals surface area contributed by atoms with Crippen LogP contribution in [0.1, 0.15) is 30.2 Å². The van der Waals surface area contributed by atoms with Crippen molar-refractivity contribution in [3.05, 3.63) is 89.5 Å². The molecular formula is C29H31N3O5S. The van der Waals surface area contributed by atoms with Gasteiger partial charge in [0.2, 0.25) is 5.91 Å². The average Bonchev–Trinajstić information content (AvgIpc) is 3.65. The number of carbonyl (C=O) groups excluding carboxylic acids is 1. The van der Waals surface area contributed by atoms with Gasteiger partial charge in [0.25, 0.3) is 10.0 Å². The molecular weight excluding hydrogens is 502 g/mol. The monoisotopic (exact) mass is 533 g/mol. The fraction of sp³-hybridized carbons (Fsp3) is 0.276. The van der Waals surface area contributed by atoms with Crippen molar-refractivity contribution >= 4 is 33.0 Å². The molecule has 3 aromatic rings. The van der Waals surface area contributed by atoms with Crippen molar-refractivity contribution in [1.29, 1.82) is 0 Å². The molecule has 0 unspecified atom stereocenters. The van der Waals surface area contributed by atoms with Crippen molar-refractivity contribution in [3.63, 3.8) is 0 Å². The van der Waals surface area contributed by atoms with E-state index in [4.69, 9.17) is 9.47 Å². The lowest BCUT2D eigenvalue weighted by atomic mass is 9.88. The van der Waals surface area contributed by atoms with Crippen LogP contribution in [-0.2, 0) is 25.0 Å². The first kappa shape index (κ1) is 27.1. The lowest BCUT2D eigenvalue weighted by molar-refractivity contribution is -0.122. The first-order valence-corrected chi connectivity index (χ1v) is 13.5. The van der Waals surface area contributed by atoms with Gasteiger partial charge >= 0.3 is 0 Å². The van der Waals surface area contributed by atoms with Crippen LogP contribution in [0.25, 0.3) is 10.9 Å². The van der Waals surface area contributed by atoms with E-state index in [1.807, 2.05) is 26.0 Å². The molecule has 1 aliphatic rings. The van der Waals surface area contributed by atoms with Gasteiger partial charge in [-0.3, -0.25) is 14.8 Å². The minimum atomic E-state index is -4.23. The minimum Gasteiger partial charge on any atom is -0.500 e. The molecule has 2 atom stereocenters. The lowest BCUT2D eigenvalue weighted by Gasteiger charge is -2.21. The van der Waals surface area contributed by atoms with E-state index in [-0.39, 0.29) is 10.8 Å². The summed E-state index contributed by atoms with van der Waals surface area (Å²) in [6.45, 7) is 9.63. The maximum atomic E-state index is 14.0. The summed E-state index contributed by atoms with van der Waals surface area (Å²) >= 11 is 0. The van der Waals surface area contributed by atoms with E-state index >= 15 is 0 Å². The molecule has 0 aliphatic heterocycles. The van der Waals surface area contributed by atoms with Crippen molar-refractivity contribution in [2.75, 3.05) is 14.2 Å². The van der Waals surface area contributed by atoms with Gasteiger partial charge in [0.15, 0.2) is 0 Å². The highest BCUT2D eigenvalue weighted by Gasteiger charge is 2.63. The molecule has 198 valence electrons. The van der Waals surface area contributed by atoms with Crippen LogP contribution in [0.15, 0.2) is 82.5 Å². The molecule has 1 aromatic heterocycles. The summed E-state index contributed by atoms with van der Waals surface area (Å²) in [7, 11) is -1.16. The number of aryl methyl sites for hydroxylation is 2. The third-order valence-electron chi connectivity index (χ3n) is 6.82. The maximum absolute atomic E-state index is 14.0. The number of benzene rings is 2. The predicted octanol–water partition coefficient (Wildman–Crippen LogP) is 4.76. The summed E-state index contributed by atoms with van der Waals surface area (Å²) in [5.41, 5.74) is 2.20. The van der Waals surface area contributed by atoms with E-state index in [2.05, 4.69) is 21.3 Å². The number of ether oxygens (including phenoxy) is 2. The molecule has 1 heterocycles. The average molecular weight is 534 g/mol. The number of allylic oxidation sites excluding steroid dienone is 2. The molecule has 1 aliphatic carbocycles. The number of aromatic nitrogens is 1. The molecule has 0 bridgehead atoms. The molecule has 1 fully saturated rings. The Morgan fingerprint density at radius 1 is 1.18 bits per heavy atom. The highest BCUT2D eigenvalue weighted by atomic mass is 32.2. The van der Waals surface area contributed by atoms with E-state index in [9.17, 15) is 13.2 Å². The van der Waals surface area contributed by atoms with Gasteiger partial charge < -0.3 is 9.47 Å². The van der Waals surface area contributed by atoms with Crippen molar-refractivity contribution in [3.8, 4) is 5.75 Å².